The summed E-state index contributed by atoms with van der Waals surface area (Å²) >= 11 is 1.40. The largest absolute Gasteiger partial charge is 0.352 e. The van der Waals surface area contributed by atoms with Crippen LogP contribution in [0.15, 0.2) is 35.5 Å². The van der Waals surface area contributed by atoms with Gasteiger partial charge >= 0.3 is 0 Å². The molecule has 4 aliphatic carbocycles. The lowest BCUT2D eigenvalue weighted by molar-refractivity contribution is -0.123. The van der Waals surface area contributed by atoms with Gasteiger partial charge in [-0.15, -0.1) is 5.10 Å². The van der Waals surface area contributed by atoms with E-state index < -0.39 is 0 Å². The molecule has 4 saturated carbocycles. The van der Waals surface area contributed by atoms with Crippen LogP contribution in [-0.4, -0.2) is 32.9 Å². The number of amides is 1. The molecule has 0 aliphatic heterocycles. The second-order valence-corrected chi connectivity index (χ2v) is 10.1. The molecule has 28 heavy (non-hydrogen) atoms. The molecule has 4 aliphatic rings. The number of aromatic nitrogens is 3. The predicted molar refractivity (Wildman–Crippen MR) is 111 cm³/mol. The van der Waals surface area contributed by atoms with Crippen molar-refractivity contribution in [2.75, 3.05) is 5.75 Å². The normalized spacial score (nSPS) is 31.7. The van der Waals surface area contributed by atoms with E-state index in [0.29, 0.717) is 16.3 Å². The van der Waals surface area contributed by atoms with Gasteiger partial charge in [0.1, 0.15) is 0 Å². The number of nitrogens with zero attached hydrogens (tertiary/aromatic N) is 2. The third-order valence-electron chi connectivity index (χ3n) is 7.23. The molecule has 1 atom stereocenters. The Bertz CT molecular complexity index is 814. The number of rotatable bonds is 6. The molecule has 4 bridgehead atoms. The highest BCUT2D eigenvalue weighted by Crippen LogP contribution is 2.61. The SMILES string of the molecule is C[C@@H](NC(=O)CSc1n[nH]c(-c2ccccc2)n1)C12CC3CC(CC(C3)C1)C2. The van der Waals surface area contributed by atoms with Crippen LogP contribution in [0.3, 0.4) is 0 Å². The zero-order chi connectivity index (χ0) is 19.1. The number of aromatic amines is 1. The maximum absolute atomic E-state index is 12.6. The lowest BCUT2D eigenvalue weighted by Gasteiger charge is -2.59. The van der Waals surface area contributed by atoms with Crippen molar-refractivity contribution in [2.45, 2.75) is 56.6 Å². The van der Waals surface area contributed by atoms with Crippen molar-refractivity contribution in [3.05, 3.63) is 30.3 Å². The van der Waals surface area contributed by atoms with Crippen molar-refractivity contribution >= 4 is 17.7 Å². The Morgan fingerprint density at radius 2 is 1.82 bits per heavy atom. The van der Waals surface area contributed by atoms with Crippen molar-refractivity contribution in [2.24, 2.45) is 23.2 Å². The molecule has 1 aromatic heterocycles. The fraction of sp³-hybridized carbons (Fsp3) is 0.591. The monoisotopic (exact) mass is 396 g/mol. The molecular weight excluding hydrogens is 368 g/mol. The Labute approximate surface area is 170 Å². The van der Waals surface area contributed by atoms with Gasteiger partial charge in [-0.3, -0.25) is 9.89 Å². The van der Waals surface area contributed by atoms with Gasteiger partial charge in [0, 0.05) is 11.6 Å². The topological polar surface area (TPSA) is 70.7 Å². The van der Waals surface area contributed by atoms with Gasteiger partial charge in [-0.2, -0.15) is 0 Å². The van der Waals surface area contributed by atoms with E-state index >= 15 is 0 Å². The number of benzene rings is 1. The number of carbonyl (C=O) groups is 1. The van der Waals surface area contributed by atoms with Crippen molar-refractivity contribution < 1.29 is 4.79 Å². The van der Waals surface area contributed by atoms with Crippen molar-refractivity contribution in [3.8, 4) is 11.4 Å². The summed E-state index contributed by atoms with van der Waals surface area (Å²) in [5, 5.41) is 11.1. The van der Waals surface area contributed by atoms with Gasteiger partial charge in [-0.05, 0) is 68.6 Å². The number of H-pyrrole nitrogens is 1. The lowest BCUT2D eigenvalue weighted by atomic mass is 9.48. The number of carbonyl (C=O) groups excluding carboxylic acids is 1. The smallest absolute Gasteiger partial charge is 0.230 e. The van der Waals surface area contributed by atoms with Gasteiger partial charge < -0.3 is 5.32 Å². The minimum atomic E-state index is 0.0966. The minimum absolute atomic E-state index is 0.0966. The van der Waals surface area contributed by atoms with E-state index in [9.17, 15) is 4.79 Å². The summed E-state index contributed by atoms with van der Waals surface area (Å²) < 4.78 is 0. The van der Waals surface area contributed by atoms with E-state index in [-0.39, 0.29) is 11.9 Å². The number of hydrogen-bond donors (Lipinski definition) is 2. The van der Waals surface area contributed by atoms with Crippen molar-refractivity contribution in [1.29, 1.82) is 0 Å². The number of hydrogen-bond acceptors (Lipinski definition) is 4. The van der Waals surface area contributed by atoms with Gasteiger partial charge in [0.25, 0.3) is 0 Å². The molecule has 2 N–H and O–H groups in total. The Hall–Kier alpha value is -1.82. The number of nitrogens with one attached hydrogen (secondary N) is 2. The van der Waals surface area contributed by atoms with Crippen molar-refractivity contribution in [3.63, 3.8) is 0 Å². The molecule has 148 valence electrons. The first-order valence-electron chi connectivity index (χ1n) is 10.5. The van der Waals surface area contributed by atoms with E-state index in [1.807, 2.05) is 30.3 Å². The first kappa shape index (κ1) is 18.2. The van der Waals surface area contributed by atoms with Crippen LogP contribution in [0.1, 0.15) is 45.4 Å². The van der Waals surface area contributed by atoms with Crippen LogP contribution in [0.4, 0.5) is 0 Å². The molecule has 0 spiro atoms. The average Bonchev–Trinajstić information content (AvgIpc) is 3.15. The molecule has 0 radical (unpaired) electrons. The molecule has 5 nitrogen and oxygen atoms in total. The van der Waals surface area contributed by atoms with Gasteiger partial charge in [-0.1, -0.05) is 42.1 Å². The molecule has 6 heteroatoms. The van der Waals surface area contributed by atoms with Crippen LogP contribution >= 0.6 is 11.8 Å². The summed E-state index contributed by atoms with van der Waals surface area (Å²) in [7, 11) is 0. The van der Waals surface area contributed by atoms with E-state index in [4.69, 9.17) is 0 Å². The van der Waals surface area contributed by atoms with Crippen molar-refractivity contribution in [1.82, 2.24) is 20.5 Å². The quantitative estimate of drug-likeness (QED) is 0.715. The van der Waals surface area contributed by atoms with Gasteiger partial charge in [0.15, 0.2) is 5.82 Å². The molecule has 1 heterocycles. The highest BCUT2D eigenvalue weighted by atomic mass is 32.2. The molecule has 2 aromatic rings. The highest BCUT2D eigenvalue weighted by molar-refractivity contribution is 7.99. The fourth-order valence-corrected chi connectivity index (χ4v) is 6.92. The maximum atomic E-state index is 12.6. The average molecular weight is 397 g/mol. The van der Waals surface area contributed by atoms with Crippen LogP contribution in [0.2, 0.25) is 0 Å². The first-order valence-corrected chi connectivity index (χ1v) is 11.5. The second kappa shape index (κ2) is 7.21. The van der Waals surface area contributed by atoms with Crippen LogP contribution < -0.4 is 5.32 Å². The Morgan fingerprint density at radius 3 is 2.46 bits per heavy atom. The van der Waals surface area contributed by atoms with E-state index in [1.165, 1.54) is 50.3 Å². The number of thioether (sulfide) groups is 1. The van der Waals surface area contributed by atoms with Gasteiger partial charge in [-0.25, -0.2) is 4.98 Å². The summed E-state index contributed by atoms with van der Waals surface area (Å²) in [6.07, 6.45) is 8.25. The van der Waals surface area contributed by atoms with Gasteiger partial charge in [0.2, 0.25) is 11.1 Å². The minimum Gasteiger partial charge on any atom is -0.352 e. The predicted octanol–water partition coefficient (Wildman–Crippen LogP) is 4.28. The van der Waals surface area contributed by atoms with Crippen LogP contribution in [-0.2, 0) is 4.79 Å². The summed E-state index contributed by atoms with van der Waals surface area (Å²) in [5.74, 6) is 3.92. The van der Waals surface area contributed by atoms with E-state index in [0.717, 1.165) is 29.1 Å². The van der Waals surface area contributed by atoms with E-state index in [2.05, 4.69) is 27.4 Å². The molecule has 0 saturated heterocycles. The Kier molecular flexibility index (Phi) is 4.69. The molecule has 4 fully saturated rings. The summed E-state index contributed by atoms with van der Waals surface area (Å²) in [6.45, 7) is 2.23. The molecule has 1 amide bonds. The van der Waals surface area contributed by atoms with Crippen LogP contribution in [0.5, 0.6) is 0 Å². The Morgan fingerprint density at radius 1 is 1.18 bits per heavy atom. The van der Waals surface area contributed by atoms with Crippen LogP contribution in [0, 0.1) is 23.2 Å². The van der Waals surface area contributed by atoms with E-state index in [1.54, 1.807) is 0 Å². The molecule has 1 aromatic carbocycles. The zero-order valence-electron chi connectivity index (χ0n) is 16.4. The molecular formula is C22H28N4OS. The second-order valence-electron chi connectivity index (χ2n) is 9.19. The van der Waals surface area contributed by atoms with Crippen LogP contribution in [0.25, 0.3) is 11.4 Å². The molecule has 0 unspecified atom stereocenters. The third-order valence-corrected chi connectivity index (χ3v) is 8.07. The molecule has 6 rings (SSSR count). The maximum Gasteiger partial charge on any atom is 0.230 e. The lowest BCUT2D eigenvalue weighted by Crippen LogP contribution is -2.56. The summed E-state index contributed by atoms with van der Waals surface area (Å²) in [4.78, 5) is 17.1. The highest BCUT2D eigenvalue weighted by Gasteiger charge is 2.53. The standard InChI is InChI=1S/C22H28N4OS/c1-14(22-10-15-7-16(11-22)9-17(8-15)12-22)23-19(27)13-28-21-24-20(25-26-21)18-5-3-2-4-6-18/h2-6,14-17H,7-13H2,1H3,(H,23,27)(H,24,25,26)/t14-,15?,16?,17?,22?/m1/s1. The zero-order valence-corrected chi connectivity index (χ0v) is 17.2. The summed E-state index contributed by atoms with van der Waals surface area (Å²) in [6, 6.07) is 10.2. The first-order chi connectivity index (χ1) is 13.6. The fourth-order valence-electron chi connectivity index (χ4n) is 6.31. The van der Waals surface area contributed by atoms with Gasteiger partial charge in [0.05, 0.1) is 5.75 Å². The third kappa shape index (κ3) is 3.47. The Balaban J connectivity index is 1.17. The summed E-state index contributed by atoms with van der Waals surface area (Å²) in [5.41, 5.74) is 1.35.